The van der Waals surface area contributed by atoms with Crippen molar-refractivity contribution in [1.82, 2.24) is 0 Å². The van der Waals surface area contributed by atoms with Crippen LogP contribution in [0.25, 0.3) is 11.1 Å². The van der Waals surface area contributed by atoms with Crippen LogP contribution in [0.1, 0.15) is 42.7 Å². The minimum Gasteiger partial charge on any atom is -0.433 e. The first-order valence-electron chi connectivity index (χ1n) is 11.2. The Morgan fingerprint density at radius 2 is 1.32 bits per heavy atom. The summed E-state index contributed by atoms with van der Waals surface area (Å²) in [7, 11) is -16.4. The average Bonchev–Trinajstić information content (AvgIpc) is 3.12. The molecule has 2 aromatic carbocycles. The SMILES string of the molecule is NCCCCCCOP(=O)(O)OP(=O)(O)OP(=O)(O)OC(=O)OCC1c2ccccc2-c2ccccc21. The number of phosphoric ester groups is 2. The third kappa shape index (κ3) is 8.84. The minimum atomic E-state index is -5.69. The number of fused-ring (bicyclic) bond motifs is 3. The zero-order chi connectivity index (χ0) is 27.1. The van der Waals surface area contributed by atoms with E-state index in [-0.39, 0.29) is 19.1 Å². The van der Waals surface area contributed by atoms with Crippen molar-refractivity contribution in [2.45, 2.75) is 31.6 Å². The number of hydrogen-bond acceptors (Lipinski definition) is 10. The summed E-state index contributed by atoms with van der Waals surface area (Å²) in [5.74, 6) is -0.390. The molecule has 0 saturated heterocycles. The number of carbonyl (C=O) groups is 1. The Kier molecular flexibility index (Phi) is 10.2. The number of benzene rings is 2. The Labute approximate surface area is 213 Å². The Balaban J connectivity index is 1.51. The smallest absolute Gasteiger partial charge is 0.433 e. The molecule has 0 aromatic heterocycles. The van der Waals surface area contributed by atoms with Crippen LogP contribution in [0.4, 0.5) is 4.79 Å². The molecule has 0 radical (unpaired) electrons. The van der Waals surface area contributed by atoms with Crippen LogP contribution in [-0.2, 0) is 36.1 Å². The van der Waals surface area contributed by atoms with Gasteiger partial charge in [-0.3, -0.25) is 9.42 Å². The number of nitrogens with two attached hydrogens (primary N) is 1. The molecule has 0 bridgehead atoms. The maximum absolute atomic E-state index is 12.1. The molecule has 3 rings (SSSR count). The first kappa shape index (κ1) is 29.7. The molecule has 0 fully saturated rings. The van der Waals surface area contributed by atoms with E-state index in [4.69, 9.17) is 10.5 Å². The van der Waals surface area contributed by atoms with Gasteiger partial charge >= 0.3 is 29.6 Å². The van der Waals surface area contributed by atoms with Crippen molar-refractivity contribution < 1.29 is 55.6 Å². The van der Waals surface area contributed by atoms with Crippen molar-refractivity contribution >= 4 is 29.6 Å². The summed E-state index contributed by atoms with van der Waals surface area (Å²) in [6.07, 6.45) is 0.771. The summed E-state index contributed by atoms with van der Waals surface area (Å²) < 4.78 is 57.4. The summed E-state index contributed by atoms with van der Waals surface area (Å²) >= 11 is 0. The average molecular weight is 579 g/mol. The molecule has 13 nitrogen and oxygen atoms in total. The highest BCUT2D eigenvalue weighted by molar-refractivity contribution is 7.67. The molecule has 204 valence electrons. The zero-order valence-electron chi connectivity index (χ0n) is 19.6. The maximum Gasteiger partial charge on any atom is 0.541 e. The monoisotopic (exact) mass is 579 g/mol. The van der Waals surface area contributed by atoms with E-state index < -0.39 is 29.6 Å². The first-order chi connectivity index (χ1) is 17.4. The highest BCUT2D eigenvalue weighted by Gasteiger charge is 2.44. The lowest BCUT2D eigenvalue weighted by molar-refractivity contribution is 0.0831. The lowest BCUT2D eigenvalue weighted by atomic mass is 9.98. The summed E-state index contributed by atoms with van der Waals surface area (Å²) in [6.45, 7) is -0.0800. The van der Waals surface area contributed by atoms with E-state index in [2.05, 4.69) is 17.7 Å². The molecule has 1 aliphatic carbocycles. The van der Waals surface area contributed by atoms with E-state index >= 15 is 0 Å². The van der Waals surface area contributed by atoms with Crippen molar-refractivity contribution in [3.05, 3.63) is 59.7 Å². The normalized spacial score (nSPS) is 17.6. The summed E-state index contributed by atoms with van der Waals surface area (Å²) in [5, 5.41) is 0. The van der Waals surface area contributed by atoms with Crippen molar-refractivity contribution in [2.24, 2.45) is 5.73 Å². The van der Waals surface area contributed by atoms with Crippen molar-refractivity contribution in [2.75, 3.05) is 19.8 Å². The molecule has 3 unspecified atom stereocenters. The van der Waals surface area contributed by atoms with Gasteiger partial charge in [-0.1, -0.05) is 61.4 Å². The van der Waals surface area contributed by atoms with Gasteiger partial charge in [0, 0.05) is 5.92 Å². The number of ether oxygens (including phenoxy) is 1. The van der Waals surface area contributed by atoms with E-state index in [0.717, 1.165) is 35.1 Å². The molecular formula is C21H28NO12P3. The molecule has 0 saturated carbocycles. The maximum atomic E-state index is 12.1. The van der Waals surface area contributed by atoms with Gasteiger partial charge in [0.2, 0.25) is 0 Å². The van der Waals surface area contributed by atoms with Crippen LogP contribution in [0, 0.1) is 0 Å². The van der Waals surface area contributed by atoms with Gasteiger partial charge in [0.25, 0.3) is 0 Å². The van der Waals surface area contributed by atoms with E-state index in [1.54, 1.807) is 0 Å². The standard InChI is InChI=1S/C21H28NO12P3/c22-13-7-1-2-8-14-31-35(24,25)33-37(28,29)34-36(26,27)32-21(23)30-15-20-18-11-5-3-9-16(18)17-10-4-6-12-19(17)20/h3-6,9-12,20H,1-2,7-8,13-15,22H2,(H,24,25)(H,26,27)(H,28,29). The molecule has 37 heavy (non-hydrogen) atoms. The van der Waals surface area contributed by atoms with E-state index in [1.807, 2.05) is 48.5 Å². The third-order valence-electron chi connectivity index (χ3n) is 5.29. The second-order valence-corrected chi connectivity index (χ2v) is 12.5. The quantitative estimate of drug-likeness (QED) is 0.135. The third-order valence-corrected chi connectivity index (χ3v) is 9.48. The Hall–Kier alpha value is -1.88. The van der Waals surface area contributed by atoms with Gasteiger partial charge < -0.3 is 24.8 Å². The van der Waals surface area contributed by atoms with Crippen molar-refractivity contribution in [1.29, 1.82) is 0 Å². The highest BCUT2D eigenvalue weighted by atomic mass is 31.3. The van der Waals surface area contributed by atoms with Gasteiger partial charge in [-0.25, -0.2) is 18.5 Å². The molecule has 0 aliphatic heterocycles. The molecule has 0 spiro atoms. The van der Waals surface area contributed by atoms with Crippen molar-refractivity contribution in [3.8, 4) is 11.1 Å². The van der Waals surface area contributed by atoms with E-state index in [0.29, 0.717) is 19.4 Å². The van der Waals surface area contributed by atoms with Crippen LogP contribution in [0.2, 0.25) is 0 Å². The van der Waals surface area contributed by atoms with E-state index in [1.165, 1.54) is 0 Å². The molecule has 2 aromatic rings. The fourth-order valence-electron chi connectivity index (χ4n) is 3.81. The topological polar surface area (TPSA) is 201 Å². The molecule has 3 atom stereocenters. The van der Waals surface area contributed by atoms with Gasteiger partial charge in [-0.15, -0.1) is 0 Å². The van der Waals surface area contributed by atoms with Gasteiger partial charge in [-0.2, -0.15) is 8.62 Å². The Morgan fingerprint density at radius 3 is 1.92 bits per heavy atom. The predicted octanol–water partition coefficient (Wildman–Crippen LogP) is 4.82. The largest absolute Gasteiger partial charge is 0.541 e. The fourth-order valence-corrected chi connectivity index (χ4v) is 7.20. The molecule has 0 heterocycles. The van der Waals surface area contributed by atoms with Crippen LogP contribution in [0.5, 0.6) is 0 Å². The molecule has 16 heteroatoms. The van der Waals surface area contributed by atoms with Crippen molar-refractivity contribution in [3.63, 3.8) is 0 Å². The Bertz CT molecular complexity index is 1190. The molecule has 1 aliphatic rings. The number of unbranched alkanes of at least 4 members (excludes halogenated alkanes) is 3. The zero-order valence-corrected chi connectivity index (χ0v) is 22.3. The predicted molar refractivity (Wildman–Crippen MR) is 131 cm³/mol. The molecule has 5 N–H and O–H groups in total. The van der Waals surface area contributed by atoms with Crippen LogP contribution in [-0.4, -0.2) is 40.6 Å². The number of hydrogen-bond donors (Lipinski definition) is 4. The first-order valence-corrected chi connectivity index (χ1v) is 15.7. The van der Waals surface area contributed by atoms with Gasteiger partial charge in [0.15, 0.2) is 0 Å². The number of phosphoric acid groups is 3. The second-order valence-electron chi connectivity index (χ2n) is 7.98. The van der Waals surface area contributed by atoms with Crippen LogP contribution >= 0.6 is 23.5 Å². The molecular weight excluding hydrogens is 551 g/mol. The van der Waals surface area contributed by atoms with Crippen LogP contribution in [0.3, 0.4) is 0 Å². The van der Waals surface area contributed by atoms with E-state index in [9.17, 15) is 33.2 Å². The van der Waals surface area contributed by atoms with Crippen LogP contribution < -0.4 is 5.73 Å². The van der Waals surface area contributed by atoms with Gasteiger partial charge in [0.05, 0.1) is 6.61 Å². The van der Waals surface area contributed by atoms with Crippen LogP contribution in [0.15, 0.2) is 48.5 Å². The second kappa shape index (κ2) is 12.8. The fraction of sp³-hybridized carbons (Fsp3) is 0.381. The summed E-state index contributed by atoms with van der Waals surface area (Å²) in [4.78, 5) is 40.9. The lowest BCUT2D eigenvalue weighted by Gasteiger charge is -2.18. The molecule has 0 amide bonds. The van der Waals surface area contributed by atoms with Gasteiger partial charge in [-0.05, 0) is 41.6 Å². The highest BCUT2D eigenvalue weighted by Crippen LogP contribution is 2.67. The lowest BCUT2D eigenvalue weighted by Crippen LogP contribution is -2.13. The summed E-state index contributed by atoms with van der Waals surface area (Å²) in [5.41, 5.74) is 8.98. The van der Waals surface area contributed by atoms with Gasteiger partial charge in [0.1, 0.15) is 6.61 Å². The number of carbonyl (C=O) groups excluding carboxylic acids is 1. The Morgan fingerprint density at radius 1 is 0.784 bits per heavy atom. The summed E-state index contributed by atoms with van der Waals surface area (Å²) in [6, 6.07) is 14.9. The number of rotatable bonds is 14. The minimum absolute atomic E-state index is 0.273.